The quantitative estimate of drug-likeness (QED) is 0.742. The second-order valence-electron chi connectivity index (χ2n) is 6.36. The van der Waals surface area contributed by atoms with Crippen molar-refractivity contribution in [2.45, 2.75) is 13.1 Å². The summed E-state index contributed by atoms with van der Waals surface area (Å²) in [5, 5.41) is 7.21. The van der Waals surface area contributed by atoms with E-state index < -0.39 is 0 Å². The molecule has 134 valence electrons. The van der Waals surface area contributed by atoms with Crippen molar-refractivity contribution in [3.05, 3.63) is 83.4 Å². The number of nitrogens with zero attached hydrogens (tertiary/aromatic N) is 3. The smallest absolute Gasteiger partial charge is 0.253 e. The summed E-state index contributed by atoms with van der Waals surface area (Å²) in [4.78, 5) is 14.7. The molecule has 1 N–H and O–H groups in total. The Labute approximate surface area is 152 Å². The number of hydrogen-bond acceptors (Lipinski definition) is 3. The molecule has 26 heavy (non-hydrogen) atoms. The van der Waals surface area contributed by atoms with Crippen LogP contribution in [0.25, 0.3) is 5.69 Å². The van der Waals surface area contributed by atoms with Crippen molar-refractivity contribution in [2.24, 2.45) is 0 Å². The van der Waals surface area contributed by atoms with Gasteiger partial charge in [0.25, 0.3) is 5.91 Å². The zero-order valence-electron chi connectivity index (χ0n) is 14.8. The molecule has 0 spiro atoms. The fourth-order valence-electron chi connectivity index (χ4n) is 2.73. The molecule has 0 aliphatic heterocycles. The molecular formula is C20H21FN4O. The minimum absolute atomic E-state index is 0.227. The summed E-state index contributed by atoms with van der Waals surface area (Å²) in [5.74, 6) is -0.545. The van der Waals surface area contributed by atoms with Gasteiger partial charge >= 0.3 is 0 Å². The Morgan fingerprint density at radius 2 is 1.96 bits per heavy atom. The topological polar surface area (TPSA) is 50.2 Å². The third kappa shape index (κ3) is 4.34. The average molecular weight is 352 g/mol. The van der Waals surface area contributed by atoms with Gasteiger partial charge in [-0.1, -0.05) is 24.3 Å². The van der Waals surface area contributed by atoms with Crippen LogP contribution in [0.2, 0.25) is 0 Å². The first-order valence-electron chi connectivity index (χ1n) is 8.33. The van der Waals surface area contributed by atoms with Crippen molar-refractivity contribution in [3.8, 4) is 5.69 Å². The summed E-state index contributed by atoms with van der Waals surface area (Å²) in [6, 6.07) is 13.5. The molecule has 1 heterocycles. The molecule has 5 nitrogen and oxygen atoms in total. The van der Waals surface area contributed by atoms with Crippen LogP contribution in [0.3, 0.4) is 0 Å². The van der Waals surface area contributed by atoms with E-state index in [9.17, 15) is 9.18 Å². The van der Waals surface area contributed by atoms with Crippen molar-refractivity contribution in [3.63, 3.8) is 0 Å². The van der Waals surface area contributed by atoms with E-state index >= 15 is 0 Å². The second kappa shape index (κ2) is 7.93. The number of rotatable bonds is 6. The summed E-state index contributed by atoms with van der Waals surface area (Å²) < 4.78 is 15.0. The van der Waals surface area contributed by atoms with E-state index in [1.807, 2.05) is 38.5 Å². The van der Waals surface area contributed by atoms with E-state index in [0.717, 1.165) is 12.1 Å². The highest BCUT2D eigenvalue weighted by Gasteiger charge is 2.13. The molecule has 0 radical (unpaired) electrons. The predicted octanol–water partition coefficient (Wildman–Crippen LogP) is 3.00. The third-order valence-electron chi connectivity index (χ3n) is 3.87. The lowest BCUT2D eigenvalue weighted by molar-refractivity contribution is 0.0950. The Bertz CT molecular complexity index is 904. The minimum Gasteiger partial charge on any atom is -0.348 e. The highest BCUT2D eigenvalue weighted by Crippen LogP contribution is 2.15. The van der Waals surface area contributed by atoms with Crippen LogP contribution in [-0.4, -0.2) is 34.7 Å². The number of carbonyl (C=O) groups excluding carboxylic acids is 1. The zero-order valence-corrected chi connectivity index (χ0v) is 14.8. The highest BCUT2D eigenvalue weighted by atomic mass is 19.1. The van der Waals surface area contributed by atoms with Crippen molar-refractivity contribution in [1.82, 2.24) is 20.0 Å². The molecule has 0 bridgehead atoms. The molecule has 0 saturated heterocycles. The maximum atomic E-state index is 13.3. The summed E-state index contributed by atoms with van der Waals surface area (Å²) >= 11 is 0. The number of benzene rings is 2. The molecule has 1 aromatic heterocycles. The van der Waals surface area contributed by atoms with Gasteiger partial charge in [0.1, 0.15) is 5.82 Å². The fourth-order valence-corrected chi connectivity index (χ4v) is 2.73. The van der Waals surface area contributed by atoms with E-state index in [1.54, 1.807) is 29.1 Å². The van der Waals surface area contributed by atoms with Crippen molar-refractivity contribution in [2.75, 3.05) is 14.1 Å². The Morgan fingerprint density at radius 1 is 1.15 bits per heavy atom. The van der Waals surface area contributed by atoms with E-state index in [-0.39, 0.29) is 18.3 Å². The molecule has 3 rings (SSSR count). The number of aromatic nitrogens is 2. The average Bonchev–Trinajstić information content (AvgIpc) is 3.07. The van der Waals surface area contributed by atoms with Crippen LogP contribution < -0.4 is 5.32 Å². The van der Waals surface area contributed by atoms with Crippen molar-refractivity contribution < 1.29 is 9.18 Å². The van der Waals surface area contributed by atoms with Crippen LogP contribution >= 0.6 is 0 Å². The number of para-hydroxylation sites is 1. The predicted molar refractivity (Wildman–Crippen MR) is 98.5 cm³/mol. The molecule has 1 amide bonds. The maximum absolute atomic E-state index is 13.3. The van der Waals surface area contributed by atoms with Gasteiger partial charge in [0.15, 0.2) is 0 Å². The molecule has 2 aromatic carbocycles. The molecular weight excluding hydrogens is 331 g/mol. The third-order valence-corrected chi connectivity index (χ3v) is 3.87. The standard InChI is InChI=1S/C20H21FN4O/c1-24(2)13-16-12-23-25(14-16)19-9-4-3-8-18(19)20(26)22-11-15-6-5-7-17(21)10-15/h3-10,12,14H,11,13H2,1-2H3,(H,22,26). The Morgan fingerprint density at radius 3 is 2.73 bits per heavy atom. The summed E-state index contributed by atoms with van der Waals surface area (Å²) in [5.41, 5.74) is 2.99. The van der Waals surface area contributed by atoms with Gasteiger partial charge < -0.3 is 10.2 Å². The number of amides is 1. The molecule has 0 unspecified atom stereocenters. The highest BCUT2D eigenvalue weighted by molar-refractivity contribution is 5.97. The van der Waals surface area contributed by atoms with Gasteiger partial charge in [0, 0.05) is 24.8 Å². The number of halogens is 1. The van der Waals surface area contributed by atoms with Gasteiger partial charge in [0.2, 0.25) is 0 Å². The lowest BCUT2D eigenvalue weighted by Crippen LogP contribution is -2.24. The first-order valence-corrected chi connectivity index (χ1v) is 8.33. The lowest BCUT2D eigenvalue weighted by atomic mass is 10.1. The normalized spacial score (nSPS) is 10.9. The first kappa shape index (κ1) is 17.8. The van der Waals surface area contributed by atoms with Gasteiger partial charge in [-0.05, 0) is 43.9 Å². The summed E-state index contributed by atoms with van der Waals surface area (Å²) in [6.45, 7) is 1.03. The SMILES string of the molecule is CN(C)Cc1cnn(-c2ccccc2C(=O)NCc2cccc(F)c2)c1. The molecule has 0 atom stereocenters. The van der Waals surface area contributed by atoms with Gasteiger partial charge in [-0.2, -0.15) is 5.10 Å². The van der Waals surface area contributed by atoms with E-state index in [0.29, 0.717) is 16.8 Å². The molecule has 0 aliphatic rings. The van der Waals surface area contributed by atoms with Crippen molar-refractivity contribution in [1.29, 1.82) is 0 Å². The minimum atomic E-state index is -0.317. The zero-order chi connectivity index (χ0) is 18.5. The van der Waals surface area contributed by atoms with Crippen molar-refractivity contribution >= 4 is 5.91 Å². The van der Waals surface area contributed by atoms with Gasteiger partial charge in [-0.15, -0.1) is 0 Å². The van der Waals surface area contributed by atoms with Gasteiger partial charge in [0.05, 0.1) is 17.4 Å². The Balaban J connectivity index is 1.78. The number of carbonyl (C=O) groups is 1. The van der Waals surface area contributed by atoms with E-state index in [4.69, 9.17) is 0 Å². The van der Waals surface area contributed by atoms with E-state index in [1.165, 1.54) is 12.1 Å². The van der Waals surface area contributed by atoms with Crippen LogP contribution in [0.15, 0.2) is 60.9 Å². The van der Waals surface area contributed by atoms with Crippen LogP contribution in [-0.2, 0) is 13.1 Å². The Hall–Kier alpha value is -2.99. The van der Waals surface area contributed by atoms with Gasteiger partial charge in [-0.25, -0.2) is 9.07 Å². The molecule has 0 fully saturated rings. The van der Waals surface area contributed by atoms with Crippen LogP contribution in [0.1, 0.15) is 21.5 Å². The summed E-state index contributed by atoms with van der Waals surface area (Å²) in [6.07, 6.45) is 3.71. The monoisotopic (exact) mass is 352 g/mol. The molecule has 0 aliphatic carbocycles. The Kier molecular flexibility index (Phi) is 5.43. The number of hydrogen-bond donors (Lipinski definition) is 1. The summed E-state index contributed by atoms with van der Waals surface area (Å²) in [7, 11) is 3.98. The lowest BCUT2D eigenvalue weighted by Gasteiger charge is -2.10. The molecule has 3 aromatic rings. The van der Waals surface area contributed by atoms with Crippen LogP contribution in [0.4, 0.5) is 4.39 Å². The van der Waals surface area contributed by atoms with Crippen LogP contribution in [0.5, 0.6) is 0 Å². The van der Waals surface area contributed by atoms with E-state index in [2.05, 4.69) is 15.3 Å². The molecule has 6 heteroatoms. The van der Waals surface area contributed by atoms with Crippen LogP contribution in [0, 0.1) is 5.82 Å². The second-order valence-corrected chi connectivity index (χ2v) is 6.36. The fraction of sp³-hybridized carbons (Fsp3) is 0.200. The van der Waals surface area contributed by atoms with Gasteiger partial charge in [-0.3, -0.25) is 4.79 Å². The first-order chi connectivity index (χ1) is 12.5. The number of nitrogens with one attached hydrogen (secondary N) is 1. The maximum Gasteiger partial charge on any atom is 0.253 e. The largest absolute Gasteiger partial charge is 0.348 e. The molecule has 0 saturated carbocycles.